The van der Waals surface area contributed by atoms with E-state index in [1.165, 1.54) is 7.11 Å². The monoisotopic (exact) mass is 459 g/mol. The van der Waals surface area contributed by atoms with Crippen LogP contribution in [0, 0.1) is 0 Å². The summed E-state index contributed by atoms with van der Waals surface area (Å²) in [7, 11) is 3.03. The van der Waals surface area contributed by atoms with Crippen molar-refractivity contribution in [3.63, 3.8) is 0 Å². The highest BCUT2D eigenvalue weighted by Crippen LogP contribution is 2.31. The predicted octanol–water partition coefficient (Wildman–Crippen LogP) is 3.79. The average molecular weight is 460 g/mol. The molecule has 3 rings (SSSR count). The van der Waals surface area contributed by atoms with Crippen LogP contribution in [-0.2, 0) is 25.6 Å². The average Bonchev–Trinajstić information content (AvgIpc) is 2.83. The van der Waals surface area contributed by atoms with Crippen LogP contribution in [0.4, 0.5) is 0 Å². The summed E-state index contributed by atoms with van der Waals surface area (Å²) >= 11 is 4.62. The number of methoxy groups -OCH3 is 2. The number of carbonyl (C=O) groups excluding carboxylic acids is 1. The molecule has 0 spiro atoms. The fraction of sp³-hybridized carbons (Fsp3) is 0.409. The van der Waals surface area contributed by atoms with Crippen molar-refractivity contribution in [3.05, 3.63) is 76.2 Å². The lowest BCUT2D eigenvalue weighted by Crippen LogP contribution is -2.57. The van der Waals surface area contributed by atoms with E-state index in [1.807, 2.05) is 24.3 Å². The number of hydrogen-bond acceptors (Lipinski definition) is 8. The molecule has 0 bridgehead atoms. The molecule has 1 aliphatic heterocycles. The molecule has 2 aromatic carbocycles. The van der Waals surface area contributed by atoms with Crippen LogP contribution in [0.15, 0.2) is 59.7 Å². The van der Waals surface area contributed by atoms with Gasteiger partial charge in [0.05, 0.1) is 37.2 Å². The van der Waals surface area contributed by atoms with Gasteiger partial charge in [-0.3, -0.25) is 0 Å². The summed E-state index contributed by atoms with van der Waals surface area (Å²) < 4.78 is 27.9. The molecular weight excluding hydrogens is 434 g/mol. The molecule has 0 radical (unpaired) electrons. The summed E-state index contributed by atoms with van der Waals surface area (Å²) in [5.74, 6) is 0.206. The fourth-order valence-electron chi connectivity index (χ4n) is 3.33. The summed E-state index contributed by atoms with van der Waals surface area (Å²) in [6.45, 7) is 0.513. The zero-order chi connectivity index (χ0) is 22.9. The van der Waals surface area contributed by atoms with Crippen molar-refractivity contribution >= 4 is 18.6 Å². The smallest absolute Gasteiger partial charge is 0.338 e. The van der Waals surface area contributed by atoms with Crippen molar-refractivity contribution in [2.45, 2.75) is 36.4 Å². The highest BCUT2D eigenvalue weighted by Gasteiger charge is 2.47. The molecule has 0 aromatic heterocycles. The molecule has 1 heterocycles. The van der Waals surface area contributed by atoms with Gasteiger partial charge in [-0.1, -0.05) is 35.4 Å². The highest BCUT2D eigenvalue weighted by atomic mass is 32.1. The van der Waals surface area contributed by atoms with Crippen molar-refractivity contribution < 1.29 is 28.5 Å². The Bertz CT molecular complexity index is 923. The lowest BCUT2D eigenvalue weighted by Gasteiger charge is -2.42. The first kappa shape index (κ1) is 23.9. The van der Waals surface area contributed by atoms with Crippen LogP contribution in [0.25, 0.3) is 10.4 Å². The normalized spacial score (nSPS) is 24.9. The van der Waals surface area contributed by atoms with Gasteiger partial charge in [0.1, 0.15) is 17.9 Å². The molecule has 1 saturated heterocycles. The molecule has 170 valence electrons. The molecule has 1 aliphatic rings. The lowest BCUT2D eigenvalue weighted by atomic mass is 9.99. The SMILES string of the molecule is COc1ccc(COC[C@H]2O[C@H](OC)[C@H](N=[N+]=[N-])[C@@H](OC(=O)c3ccccc3)[C@@H]2S)cc1. The van der Waals surface area contributed by atoms with Crippen LogP contribution in [0.1, 0.15) is 15.9 Å². The zero-order valence-corrected chi connectivity index (χ0v) is 18.6. The van der Waals surface area contributed by atoms with E-state index < -0.39 is 35.8 Å². The van der Waals surface area contributed by atoms with Crippen LogP contribution in [-0.4, -0.2) is 56.6 Å². The summed E-state index contributed by atoms with van der Waals surface area (Å²) in [5.41, 5.74) is 10.3. The quantitative estimate of drug-likeness (QED) is 0.201. The Labute approximate surface area is 191 Å². The van der Waals surface area contributed by atoms with E-state index in [2.05, 4.69) is 22.7 Å². The molecule has 10 heteroatoms. The number of hydrogen-bond donors (Lipinski definition) is 1. The van der Waals surface area contributed by atoms with Gasteiger partial charge < -0.3 is 23.7 Å². The molecule has 0 aliphatic carbocycles. The first-order valence-electron chi connectivity index (χ1n) is 9.94. The minimum Gasteiger partial charge on any atom is -0.497 e. The van der Waals surface area contributed by atoms with E-state index in [-0.39, 0.29) is 6.61 Å². The first-order chi connectivity index (χ1) is 15.6. The number of rotatable bonds is 9. The van der Waals surface area contributed by atoms with E-state index in [0.29, 0.717) is 12.2 Å². The maximum absolute atomic E-state index is 12.6. The second-order valence-electron chi connectivity index (χ2n) is 7.06. The fourth-order valence-corrected chi connectivity index (χ4v) is 3.73. The maximum atomic E-state index is 12.6. The number of esters is 1. The van der Waals surface area contributed by atoms with Crippen molar-refractivity contribution in [2.75, 3.05) is 20.8 Å². The molecule has 32 heavy (non-hydrogen) atoms. The van der Waals surface area contributed by atoms with E-state index >= 15 is 0 Å². The predicted molar refractivity (Wildman–Crippen MR) is 120 cm³/mol. The summed E-state index contributed by atoms with van der Waals surface area (Å²) in [6, 6.07) is 15.1. The van der Waals surface area contributed by atoms with Crippen molar-refractivity contribution in [1.82, 2.24) is 0 Å². The molecular formula is C22H25N3O6S. The molecule has 5 atom stereocenters. The first-order valence-corrected chi connectivity index (χ1v) is 10.5. The minimum atomic E-state index is -0.919. The minimum absolute atomic E-state index is 0.169. The third-order valence-electron chi connectivity index (χ3n) is 5.02. The third kappa shape index (κ3) is 5.93. The Kier molecular flexibility index (Phi) is 8.78. The second-order valence-corrected chi connectivity index (χ2v) is 7.66. The second kappa shape index (κ2) is 11.8. The summed E-state index contributed by atoms with van der Waals surface area (Å²) in [4.78, 5) is 15.5. The van der Waals surface area contributed by atoms with Crippen LogP contribution in [0.5, 0.6) is 5.75 Å². The Morgan fingerprint density at radius 2 is 1.88 bits per heavy atom. The molecule has 9 nitrogen and oxygen atoms in total. The van der Waals surface area contributed by atoms with Gasteiger partial charge >= 0.3 is 5.97 Å². The molecule has 0 saturated carbocycles. The molecule has 0 amide bonds. The van der Waals surface area contributed by atoms with Gasteiger partial charge in [-0.15, -0.1) is 0 Å². The van der Waals surface area contributed by atoms with Gasteiger partial charge in [0.15, 0.2) is 6.29 Å². The number of benzene rings is 2. The van der Waals surface area contributed by atoms with Crippen molar-refractivity contribution in [2.24, 2.45) is 5.11 Å². The highest BCUT2D eigenvalue weighted by molar-refractivity contribution is 7.81. The van der Waals surface area contributed by atoms with Gasteiger partial charge in [-0.2, -0.15) is 12.6 Å². The lowest BCUT2D eigenvalue weighted by molar-refractivity contribution is -0.221. The molecule has 2 aromatic rings. The van der Waals surface area contributed by atoms with Crippen molar-refractivity contribution in [1.29, 1.82) is 0 Å². The van der Waals surface area contributed by atoms with E-state index in [4.69, 9.17) is 29.2 Å². The van der Waals surface area contributed by atoms with E-state index in [1.54, 1.807) is 37.4 Å². The van der Waals surface area contributed by atoms with Crippen LogP contribution < -0.4 is 4.74 Å². The van der Waals surface area contributed by atoms with Crippen molar-refractivity contribution in [3.8, 4) is 5.75 Å². The van der Waals surface area contributed by atoms with Gasteiger partial charge in [0.25, 0.3) is 0 Å². The Morgan fingerprint density at radius 1 is 1.16 bits per heavy atom. The Hall–Kier alpha value is -2.75. The topological polar surface area (TPSA) is 112 Å². The number of carbonyl (C=O) groups is 1. The van der Waals surface area contributed by atoms with Crippen LogP contribution in [0.2, 0.25) is 0 Å². The van der Waals surface area contributed by atoms with Gasteiger partial charge in [0.2, 0.25) is 0 Å². The Morgan fingerprint density at radius 3 is 2.50 bits per heavy atom. The van der Waals surface area contributed by atoms with Gasteiger partial charge in [0, 0.05) is 12.0 Å². The number of nitrogens with zero attached hydrogens (tertiary/aromatic N) is 3. The van der Waals surface area contributed by atoms with E-state index in [9.17, 15) is 4.79 Å². The number of ether oxygens (including phenoxy) is 5. The molecule has 0 N–H and O–H groups in total. The Balaban J connectivity index is 1.69. The molecule has 0 unspecified atom stereocenters. The largest absolute Gasteiger partial charge is 0.497 e. The summed E-state index contributed by atoms with van der Waals surface area (Å²) in [6.07, 6.45) is -2.37. The van der Waals surface area contributed by atoms with E-state index in [0.717, 1.165) is 11.3 Å². The zero-order valence-electron chi connectivity index (χ0n) is 17.7. The summed E-state index contributed by atoms with van der Waals surface area (Å²) in [5, 5.41) is 3.13. The number of thiol groups is 1. The third-order valence-corrected chi connectivity index (χ3v) is 5.65. The maximum Gasteiger partial charge on any atom is 0.338 e. The number of azide groups is 1. The van der Waals surface area contributed by atoms with Gasteiger partial charge in [-0.05, 0) is 35.4 Å². The van der Waals surface area contributed by atoms with Gasteiger partial charge in [-0.25, -0.2) is 4.79 Å². The van der Waals surface area contributed by atoms with Crippen LogP contribution in [0.3, 0.4) is 0 Å². The standard InChI is InChI=1S/C22H25N3O6S/c1-27-16-10-8-14(9-11-16)12-29-13-17-20(32)19(18(24-25-23)22(28-2)30-17)31-21(26)15-6-4-3-5-7-15/h3-11,17-20,22,32H,12-13H2,1-2H3/t17-,18-,19-,20-,22+/m1/s1. The molecule has 1 fully saturated rings. The van der Waals surface area contributed by atoms with Crippen LogP contribution >= 0.6 is 12.6 Å².